The van der Waals surface area contributed by atoms with Crippen LogP contribution in [0.15, 0.2) is 54.6 Å². The zero-order valence-electron chi connectivity index (χ0n) is 22.8. The van der Waals surface area contributed by atoms with E-state index in [2.05, 4.69) is 17.4 Å². The maximum atomic E-state index is 14.7. The van der Waals surface area contributed by atoms with E-state index in [0.29, 0.717) is 39.1 Å². The van der Waals surface area contributed by atoms with Crippen LogP contribution < -0.4 is 5.32 Å². The summed E-state index contributed by atoms with van der Waals surface area (Å²) in [4.78, 5) is 28.6. The van der Waals surface area contributed by atoms with Gasteiger partial charge in [-0.1, -0.05) is 54.6 Å². The summed E-state index contributed by atoms with van der Waals surface area (Å²) < 4.78 is 31.4. The zero-order valence-corrected chi connectivity index (χ0v) is 22.8. The van der Waals surface area contributed by atoms with Crippen LogP contribution in [0.5, 0.6) is 0 Å². The number of carbonyl (C=O) groups excluding carboxylic acids is 2. The number of halogens is 1. The number of benzene rings is 2. The van der Waals surface area contributed by atoms with Crippen LogP contribution in [0.25, 0.3) is 0 Å². The molecule has 2 amide bonds. The molecule has 2 aromatic carbocycles. The van der Waals surface area contributed by atoms with E-state index in [0.717, 1.165) is 16.7 Å². The Balaban J connectivity index is 1.27. The lowest BCUT2D eigenvalue weighted by atomic mass is 9.86. The first kappa shape index (κ1) is 27.7. The molecule has 210 valence electrons. The minimum Gasteiger partial charge on any atom is -0.370 e. The van der Waals surface area contributed by atoms with E-state index in [1.807, 2.05) is 42.5 Å². The number of likely N-dealkylation sites (tertiary alicyclic amines) is 2. The molecular weight excluding hydrogens is 501 g/mol. The maximum absolute atomic E-state index is 14.7. The van der Waals surface area contributed by atoms with Crippen molar-refractivity contribution in [3.63, 3.8) is 0 Å². The van der Waals surface area contributed by atoms with E-state index in [4.69, 9.17) is 14.2 Å². The Kier molecular flexibility index (Phi) is 8.32. The van der Waals surface area contributed by atoms with Gasteiger partial charge in [-0.05, 0) is 17.5 Å². The monoisotopic (exact) mass is 539 g/mol. The van der Waals surface area contributed by atoms with Crippen molar-refractivity contribution < 1.29 is 28.2 Å². The molecule has 9 heteroatoms. The molecule has 0 aromatic heterocycles. The topological polar surface area (TPSA) is 80.3 Å². The molecule has 1 spiro atoms. The fourth-order valence-electron chi connectivity index (χ4n) is 6.19. The molecule has 3 heterocycles. The molecule has 3 aliphatic heterocycles. The van der Waals surface area contributed by atoms with Crippen molar-refractivity contribution >= 4 is 11.8 Å². The standard InChI is InChI=1S/C30H38FN3O5/c1-20(35)33-18-30(19-33)14-24(17-39-30)28(36)34-16-25(31)13-26(34)15-32-27(21-7-5-4-6-8-21)22-9-11-23(12-10-22)29(37-2)38-3/h4-12,24-27,29,32H,13-19H2,1-3H3/t24?,25-,26+,27+/m1/s1. The average Bonchev–Trinajstić information content (AvgIpc) is 3.54. The predicted octanol–water partition coefficient (Wildman–Crippen LogP) is 3.23. The molecule has 1 unspecified atom stereocenters. The van der Waals surface area contributed by atoms with Gasteiger partial charge in [-0.15, -0.1) is 0 Å². The highest BCUT2D eigenvalue weighted by atomic mass is 19.1. The number of nitrogens with zero attached hydrogens (tertiary/aromatic N) is 2. The Morgan fingerprint density at radius 2 is 1.69 bits per heavy atom. The Morgan fingerprint density at radius 1 is 1.05 bits per heavy atom. The molecule has 8 nitrogen and oxygen atoms in total. The Hall–Kier alpha value is -2.85. The zero-order chi connectivity index (χ0) is 27.6. The van der Waals surface area contributed by atoms with E-state index >= 15 is 0 Å². The van der Waals surface area contributed by atoms with Crippen LogP contribution in [0, 0.1) is 5.92 Å². The number of ether oxygens (including phenoxy) is 3. The molecule has 0 aliphatic carbocycles. The van der Waals surface area contributed by atoms with Crippen molar-refractivity contribution in [2.24, 2.45) is 5.92 Å². The fraction of sp³-hybridized carbons (Fsp3) is 0.533. The second-order valence-corrected chi connectivity index (χ2v) is 11.0. The molecule has 3 fully saturated rings. The lowest BCUT2D eigenvalue weighted by Crippen LogP contribution is -2.62. The maximum Gasteiger partial charge on any atom is 0.228 e. The first-order valence-electron chi connectivity index (χ1n) is 13.6. The minimum atomic E-state index is -1.05. The number of rotatable bonds is 9. The van der Waals surface area contributed by atoms with Crippen LogP contribution in [0.3, 0.4) is 0 Å². The van der Waals surface area contributed by atoms with Gasteiger partial charge in [-0.3, -0.25) is 9.59 Å². The van der Waals surface area contributed by atoms with Crippen molar-refractivity contribution in [3.05, 3.63) is 71.3 Å². The van der Waals surface area contributed by atoms with Crippen LogP contribution in [-0.2, 0) is 23.8 Å². The molecule has 1 N–H and O–H groups in total. The quantitative estimate of drug-likeness (QED) is 0.493. The van der Waals surface area contributed by atoms with Crippen LogP contribution in [-0.4, -0.2) is 86.4 Å². The normalized spacial score (nSPS) is 24.8. The van der Waals surface area contributed by atoms with Crippen molar-refractivity contribution in [1.82, 2.24) is 15.1 Å². The molecule has 5 rings (SSSR count). The van der Waals surface area contributed by atoms with Crippen LogP contribution in [0.4, 0.5) is 4.39 Å². The van der Waals surface area contributed by atoms with Gasteiger partial charge in [0.1, 0.15) is 11.8 Å². The molecule has 0 radical (unpaired) electrons. The van der Waals surface area contributed by atoms with Crippen LogP contribution in [0.1, 0.15) is 48.8 Å². The predicted molar refractivity (Wildman–Crippen MR) is 144 cm³/mol. The second-order valence-electron chi connectivity index (χ2n) is 11.0. The van der Waals surface area contributed by atoms with Gasteiger partial charge < -0.3 is 29.3 Å². The summed E-state index contributed by atoms with van der Waals surface area (Å²) in [6, 6.07) is 17.8. The van der Waals surface area contributed by atoms with E-state index in [9.17, 15) is 14.0 Å². The minimum absolute atomic E-state index is 0.0183. The van der Waals surface area contributed by atoms with Crippen molar-refractivity contribution in [2.45, 2.75) is 49.9 Å². The summed E-state index contributed by atoms with van der Waals surface area (Å²) in [5.41, 5.74) is 2.62. The summed E-state index contributed by atoms with van der Waals surface area (Å²) in [7, 11) is 3.21. The van der Waals surface area contributed by atoms with Crippen LogP contribution >= 0.6 is 0 Å². The SMILES string of the molecule is COC(OC)c1ccc([C@@H](NC[C@@H]2C[C@@H](F)CN2C(=O)C2COC3(C2)CN(C(C)=O)C3)c2ccccc2)cc1. The number of hydrogen-bond donors (Lipinski definition) is 1. The first-order chi connectivity index (χ1) is 18.8. The number of carbonyl (C=O) groups is 2. The van der Waals surface area contributed by atoms with Gasteiger partial charge in [0.25, 0.3) is 0 Å². The third-order valence-electron chi connectivity index (χ3n) is 8.27. The number of amides is 2. The van der Waals surface area contributed by atoms with Gasteiger partial charge in [-0.2, -0.15) is 0 Å². The average molecular weight is 540 g/mol. The third kappa shape index (κ3) is 5.87. The van der Waals surface area contributed by atoms with Gasteiger partial charge in [-0.25, -0.2) is 4.39 Å². The van der Waals surface area contributed by atoms with Crippen molar-refractivity contribution in [2.75, 3.05) is 47.0 Å². The lowest BCUT2D eigenvalue weighted by molar-refractivity contribution is -0.155. The molecule has 2 aromatic rings. The molecule has 3 saturated heterocycles. The van der Waals surface area contributed by atoms with Crippen molar-refractivity contribution in [1.29, 1.82) is 0 Å². The number of alkyl halides is 1. The van der Waals surface area contributed by atoms with E-state index < -0.39 is 18.1 Å². The molecule has 0 bridgehead atoms. The van der Waals surface area contributed by atoms with Gasteiger partial charge >= 0.3 is 0 Å². The third-order valence-corrected chi connectivity index (χ3v) is 8.27. The van der Waals surface area contributed by atoms with E-state index in [1.54, 1.807) is 30.9 Å². The summed E-state index contributed by atoms with van der Waals surface area (Å²) in [6.45, 7) is 3.48. The Labute approximate surface area is 229 Å². The second kappa shape index (κ2) is 11.7. The van der Waals surface area contributed by atoms with Crippen LogP contribution in [0.2, 0.25) is 0 Å². The Bertz CT molecular complexity index is 1140. The lowest BCUT2D eigenvalue weighted by Gasteiger charge is -2.46. The molecule has 3 aliphatic rings. The number of nitrogens with one attached hydrogen (secondary N) is 1. The van der Waals surface area contributed by atoms with Crippen molar-refractivity contribution in [3.8, 4) is 0 Å². The van der Waals surface area contributed by atoms with Gasteiger partial charge in [0, 0.05) is 45.7 Å². The first-order valence-corrected chi connectivity index (χ1v) is 13.6. The highest BCUT2D eigenvalue weighted by molar-refractivity contribution is 5.80. The van der Waals surface area contributed by atoms with Gasteiger partial charge in [0.15, 0.2) is 6.29 Å². The number of methoxy groups -OCH3 is 2. The van der Waals surface area contributed by atoms with Gasteiger partial charge in [0.2, 0.25) is 11.8 Å². The molecule has 4 atom stereocenters. The van der Waals surface area contributed by atoms with E-state index in [-0.39, 0.29) is 36.4 Å². The summed E-state index contributed by atoms with van der Waals surface area (Å²) >= 11 is 0. The highest BCUT2D eigenvalue weighted by Gasteiger charge is 2.53. The fourth-order valence-corrected chi connectivity index (χ4v) is 6.19. The molecule has 39 heavy (non-hydrogen) atoms. The van der Waals surface area contributed by atoms with E-state index in [1.165, 1.54) is 0 Å². The Morgan fingerprint density at radius 3 is 2.33 bits per heavy atom. The molecular formula is C30H38FN3O5. The highest BCUT2D eigenvalue weighted by Crippen LogP contribution is 2.39. The smallest absolute Gasteiger partial charge is 0.228 e. The molecule has 0 saturated carbocycles. The summed E-state index contributed by atoms with van der Waals surface area (Å²) in [6.07, 6.45) is -0.611. The summed E-state index contributed by atoms with van der Waals surface area (Å²) in [5, 5.41) is 3.63. The number of hydrogen-bond acceptors (Lipinski definition) is 6. The largest absolute Gasteiger partial charge is 0.370 e. The summed E-state index contributed by atoms with van der Waals surface area (Å²) in [5.74, 6) is -0.338. The van der Waals surface area contributed by atoms with Gasteiger partial charge in [0.05, 0.1) is 38.2 Å².